The molecule has 138 valence electrons. The van der Waals surface area contributed by atoms with Gasteiger partial charge in [0, 0.05) is 51.3 Å². The number of aromatic nitrogens is 6. The molecule has 0 aliphatic heterocycles. The van der Waals surface area contributed by atoms with Crippen LogP contribution in [0.2, 0.25) is 0 Å². The average molecular weight is 368 g/mol. The summed E-state index contributed by atoms with van der Waals surface area (Å²) in [5, 5.41) is 0. The zero-order valence-corrected chi connectivity index (χ0v) is 15.8. The van der Waals surface area contributed by atoms with Crippen LogP contribution in [0.15, 0.2) is 61.4 Å². The Morgan fingerprint density at radius 2 is 1.07 bits per heavy atom. The van der Waals surface area contributed by atoms with Crippen molar-refractivity contribution in [3.63, 3.8) is 0 Å². The van der Waals surface area contributed by atoms with Crippen LogP contribution in [0.4, 0.5) is 0 Å². The Labute approximate surface area is 163 Å². The molecule has 0 aliphatic rings. The van der Waals surface area contributed by atoms with Crippen LogP contribution in [0.3, 0.4) is 0 Å². The van der Waals surface area contributed by atoms with E-state index in [1.807, 2.05) is 84.2 Å². The summed E-state index contributed by atoms with van der Waals surface area (Å²) in [5.74, 6) is 1.80. The van der Waals surface area contributed by atoms with Gasteiger partial charge in [-0.05, 0) is 47.5 Å². The highest BCUT2D eigenvalue weighted by atomic mass is 15.0. The van der Waals surface area contributed by atoms with Crippen molar-refractivity contribution >= 4 is 24.3 Å². The van der Waals surface area contributed by atoms with E-state index in [-0.39, 0.29) is 0 Å². The van der Waals surface area contributed by atoms with Gasteiger partial charge >= 0.3 is 0 Å². The Balaban J connectivity index is 1.58. The zero-order valence-electron chi connectivity index (χ0n) is 15.8. The van der Waals surface area contributed by atoms with Gasteiger partial charge in [0.2, 0.25) is 0 Å². The van der Waals surface area contributed by atoms with Crippen molar-refractivity contribution in [3.05, 3.63) is 84.2 Å². The van der Waals surface area contributed by atoms with Crippen molar-refractivity contribution in [2.75, 3.05) is 0 Å². The van der Waals surface area contributed by atoms with E-state index < -0.39 is 0 Å². The molecule has 0 aliphatic carbocycles. The summed E-state index contributed by atoms with van der Waals surface area (Å²) in [6, 6.07) is 7.98. The highest BCUT2D eigenvalue weighted by Gasteiger charge is 2.03. The molecule has 4 aromatic rings. The van der Waals surface area contributed by atoms with Crippen LogP contribution in [0, 0.1) is 0 Å². The maximum Gasteiger partial charge on any atom is 0.132 e. The maximum absolute atomic E-state index is 4.48. The van der Waals surface area contributed by atoms with Gasteiger partial charge in [-0.2, -0.15) is 0 Å². The lowest BCUT2D eigenvalue weighted by atomic mass is 10.1. The van der Waals surface area contributed by atoms with Crippen LogP contribution in [0.1, 0.15) is 22.8 Å². The monoisotopic (exact) mass is 368 g/mol. The predicted octanol–water partition coefficient (Wildman–Crippen LogP) is 3.95. The Morgan fingerprint density at radius 1 is 0.607 bits per heavy atom. The fourth-order valence-electron chi connectivity index (χ4n) is 2.80. The molecule has 0 amide bonds. The molecule has 28 heavy (non-hydrogen) atoms. The average Bonchev–Trinajstić information content (AvgIpc) is 3.33. The van der Waals surface area contributed by atoms with Crippen LogP contribution in [-0.2, 0) is 14.1 Å². The third kappa shape index (κ3) is 3.96. The molecule has 0 spiro atoms. The van der Waals surface area contributed by atoms with Gasteiger partial charge in [0.25, 0.3) is 0 Å². The molecule has 0 saturated heterocycles. The number of hydrogen-bond acceptors (Lipinski definition) is 4. The molecule has 0 N–H and O–H groups in total. The summed E-state index contributed by atoms with van der Waals surface area (Å²) in [6.07, 6.45) is 19.0. The summed E-state index contributed by atoms with van der Waals surface area (Å²) < 4.78 is 3.94. The SMILES string of the molecule is Cn1ccnc1/C=C/c1ccnc(-c2cc(/C=C/c3nccn3C)ccn2)c1. The number of imidazole rings is 2. The van der Waals surface area contributed by atoms with E-state index in [2.05, 4.69) is 19.9 Å². The number of nitrogens with zero attached hydrogens (tertiary/aromatic N) is 6. The minimum absolute atomic E-state index is 0.828. The van der Waals surface area contributed by atoms with E-state index in [1.54, 1.807) is 24.8 Å². The molecule has 0 unspecified atom stereocenters. The third-order valence-corrected chi connectivity index (χ3v) is 4.40. The molecular weight excluding hydrogens is 348 g/mol. The fourth-order valence-corrected chi connectivity index (χ4v) is 2.80. The lowest BCUT2D eigenvalue weighted by molar-refractivity contribution is 0.898. The number of pyridine rings is 2. The van der Waals surface area contributed by atoms with Gasteiger partial charge in [0.1, 0.15) is 11.6 Å². The van der Waals surface area contributed by atoms with Gasteiger partial charge in [-0.15, -0.1) is 0 Å². The Bertz CT molecular complexity index is 1060. The lowest BCUT2D eigenvalue weighted by Crippen LogP contribution is -1.91. The molecule has 0 aromatic carbocycles. The maximum atomic E-state index is 4.48. The fraction of sp³-hybridized carbons (Fsp3) is 0.0909. The topological polar surface area (TPSA) is 61.4 Å². The van der Waals surface area contributed by atoms with Gasteiger partial charge in [-0.1, -0.05) is 12.2 Å². The minimum Gasteiger partial charge on any atom is -0.335 e. The van der Waals surface area contributed by atoms with Crippen molar-refractivity contribution in [2.24, 2.45) is 14.1 Å². The van der Waals surface area contributed by atoms with E-state index in [4.69, 9.17) is 0 Å². The van der Waals surface area contributed by atoms with Crippen LogP contribution in [-0.4, -0.2) is 29.1 Å². The van der Waals surface area contributed by atoms with E-state index >= 15 is 0 Å². The predicted molar refractivity (Wildman–Crippen MR) is 112 cm³/mol. The lowest BCUT2D eigenvalue weighted by Gasteiger charge is -2.03. The highest BCUT2D eigenvalue weighted by Crippen LogP contribution is 2.19. The zero-order chi connectivity index (χ0) is 19.3. The van der Waals surface area contributed by atoms with Crippen molar-refractivity contribution in [1.29, 1.82) is 0 Å². The number of hydrogen-bond donors (Lipinski definition) is 0. The van der Waals surface area contributed by atoms with E-state index in [0.29, 0.717) is 0 Å². The highest BCUT2D eigenvalue weighted by molar-refractivity contribution is 5.72. The molecule has 4 aromatic heterocycles. The van der Waals surface area contributed by atoms with Gasteiger partial charge in [0.15, 0.2) is 0 Å². The van der Waals surface area contributed by atoms with Crippen LogP contribution in [0.5, 0.6) is 0 Å². The molecule has 0 saturated carbocycles. The molecule has 0 atom stereocenters. The van der Waals surface area contributed by atoms with Crippen LogP contribution >= 0.6 is 0 Å². The molecule has 4 heterocycles. The normalized spacial score (nSPS) is 11.6. The Morgan fingerprint density at radius 3 is 1.46 bits per heavy atom. The molecular formula is C22H20N6. The largest absolute Gasteiger partial charge is 0.335 e. The first kappa shape index (κ1) is 17.6. The molecule has 0 radical (unpaired) electrons. The van der Waals surface area contributed by atoms with Crippen molar-refractivity contribution in [2.45, 2.75) is 0 Å². The number of aryl methyl sites for hydroxylation is 2. The van der Waals surface area contributed by atoms with E-state index in [0.717, 1.165) is 34.2 Å². The first-order valence-corrected chi connectivity index (χ1v) is 8.92. The van der Waals surface area contributed by atoms with Crippen LogP contribution in [0.25, 0.3) is 35.7 Å². The summed E-state index contributed by atoms with van der Waals surface area (Å²) in [5.41, 5.74) is 3.75. The Kier molecular flexibility index (Phi) is 4.93. The quantitative estimate of drug-likeness (QED) is 0.535. The van der Waals surface area contributed by atoms with Crippen molar-refractivity contribution < 1.29 is 0 Å². The summed E-state index contributed by atoms with van der Waals surface area (Å²) >= 11 is 0. The first-order valence-electron chi connectivity index (χ1n) is 8.92. The summed E-state index contributed by atoms with van der Waals surface area (Å²) in [6.45, 7) is 0. The molecule has 6 heteroatoms. The molecule has 4 rings (SSSR count). The standard InChI is InChI=1S/C22H20N6/c1-27-13-11-25-21(27)5-3-17-7-9-23-19(15-17)20-16-18(8-10-24-20)4-6-22-26-12-14-28(22)2/h3-16H,1-2H3/b5-3+,6-4+. The van der Waals surface area contributed by atoms with E-state index in [1.165, 1.54) is 0 Å². The second-order valence-electron chi connectivity index (χ2n) is 6.41. The summed E-state index contributed by atoms with van der Waals surface area (Å²) in [4.78, 5) is 17.6. The summed E-state index contributed by atoms with van der Waals surface area (Å²) in [7, 11) is 3.94. The third-order valence-electron chi connectivity index (χ3n) is 4.40. The molecule has 6 nitrogen and oxygen atoms in total. The smallest absolute Gasteiger partial charge is 0.132 e. The molecule has 0 bridgehead atoms. The molecule has 0 fully saturated rings. The van der Waals surface area contributed by atoms with Crippen molar-refractivity contribution in [1.82, 2.24) is 29.1 Å². The Hall–Kier alpha value is -3.80. The second-order valence-corrected chi connectivity index (χ2v) is 6.41. The van der Waals surface area contributed by atoms with Gasteiger partial charge in [-0.25, -0.2) is 9.97 Å². The van der Waals surface area contributed by atoms with Gasteiger partial charge in [-0.3, -0.25) is 9.97 Å². The second kappa shape index (κ2) is 7.84. The first-order chi connectivity index (χ1) is 13.7. The number of rotatable bonds is 5. The van der Waals surface area contributed by atoms with Gasteiger partial charge < -0.3 is 9.13 Å². The van der Waals surface area contributed by atoms with Crippen LogP contribution < -0.4 is 0 Å². The van der Waals surface area contributed by atoms with Crippen molar-refractivity contribution in [3.8, 4) is 11.4 Å². The minimum atomic E-state index is 0.828. The van der Waals surface area contributed by atoms with Gasteiger partial charge in [0.05, 0.1) is 11.4 Å². The van der Waals surface area contributed by atoms with E-state index in [9.17, 15) is 0 Å².